The van der Waals surface area contributed by atoms with E-state index in [4.69, 9.17) is 0 Å². The van der Waals surface area contributed by atoms with E-state index < -0.39 is 10.0 Å². The molecular formula is C18H28N2O3S. The van der Waals surface area contributed by atoms with Crippen molar-refractivity contribution in [2.45, 2.75) is 57.3 Å². The standard InChI is InChI=1S/C18H28N2O3S/c1-3-11-20(12-4-2)18(21)14-19-24(22,23)17-10-9-15-7-5-6-8-16(15)13-17/h9-10,13,19H,3-8,11-12,14H2,1-2H3. The first kappa shape index (κ1) is 18.9. The number of sulfonamides is 1. The molecule has 134 valence electrons. The predicted molar refractivity (Wildman–Crippen MR) is 95.4 cm³/mol. The van der Waals surface area contributed by atoms with Gasteiger partial charge >= 0.3 is 0 Å². The minimum absolute atomic E-state index is 0.166. The van der Waals surface area contributed by atoms with Crippen molar-refractivity contribution >= 4 is 15.9 Å². The summed E-state index contributed by atoms with van der Waals surface area (Å²) in [6.45, 7) is 5.15. The summed E-state index contributed by atoms with van der Waals surface area (Å²) in [7, 11) is -3.65. The summed E-state index contributed by atoms with van der Waals surface area (Å²) >= 11 is 0. The van der Waals surface area contributed by atoms with E-state index >= 15 is 0 Å². The largest absolute Gasteiger partial charge is 0.342 e. The van der Waals surface area contributed by atoms with E-state index in [-0.39, 0.29) is 17.3 Å². The Labute approximate surface area is 145 Å². The molecule has 0 fully saturated rings. The van der Waals surface area contributed by atoms with Crippen LogP contribution in [0.4, 0.5) is 0 Å². The summed E-state index contributed by atoms with van der Waals surface area (Å²) in [5.74, 6) is -0.166. The third kappa shape index (κ3) is 4.80. The number of hydrogen-bond donors (Lipinski definition) is 1. The van der Waals surface area contributed by atoms with Crippen molar-refractivity contribution in [2.24, 2.45) is 0 Å². The van der Waals surface area contributed by atoms with Crippen LogP contribution in [0, 0.1) is 0 Å². The summed E-state index contributed by atoms with van der Waals surface area (Å²) in [5.41, 5.74) is 2.36. The Hall–Kier alpha value is -1.40. The molecule has 0 saturated heterocycles. The van der Waals surface area contributed by atoms with Crippen molar-refractivity contribution in [2.75, 3.05) is 19.6 Å². The number of nitrogens with zero attached hydrogens (tertiary/aromatic N) is 1. The Morgan fingerprint density at radius 1 is 1.08 bits per heavy atom. The molecule has 0 spiro atoms. The number of hydrogen-bond acceptors (Lipinski definition) is 3. The highest BCUT2D eigenvalue weighted by Crippen LogP contribution is 2.23. The van der Waals surface area contributed by atoms with Gasteiger partial charge in [0.25, 0.3) is 0 Å². The average Bonchev–Trinajstić information content (AvgIpc) is 2.59. The molecule has 0 heterocycles. The van der Waals surface area contributed by atoms with E-state index in [0.29, 0.717) is 13.1 Å². The van der Waals surface area contributed by atoms with Gasteiger partial charge in [-0.25, -0.2) is 13.1 Å². The average molecular weight is 353 g/mol. The molecule has 1 aromatic rings. The van der Waals surface area contributed by atoms with Crippen LogP contribution in [0.1, 0.15) is 50.7 Å². The first-order chi connectivity index (χ1) is 11.5. The topological polar surface area (TPSA) is 66.5 Å². The number of rotatable bonds is 8. The molecule has 0 unspecified atom stereocenters. The van der Waals surface area contributed by atoms with Crippen LogP contribution in [-0.2, 0) is 27.7 Å². The zero-order chi connectivity index (χ0) is 17.6. The van der Waals surface area contributed by atoms with Crippen LogP contribution in [0.25, 0.3) is 0 Å². The van der Waals surface area contributed by atoms with Crippen LogP contribution >= 0.6 is 0 Å². The molecule has 0 atom stereocenters. The van der Waals surface area contributed by atoms with Crippen LogP contribution in [0.3, 0.4) is 0 Å². The number of amides is 1. The second-order valence-corrected chi connectivity index (χ2v) is 8.11. The van der Waals surface area contributed by atoms with Crippen LogP contribution in [0.15, 0.2) is 23.1 Å². The summed E-state index contributed by atoms with van der Waals surface area (Å²) in [5, 5.41) is 0. The predicted octanol–water partition coefficient (Wildman–Crippen LogP) is 2.49. The second kappa shape index (κ2) is 8.62. The lowest BCUT2D eigenvalue weighted by atomic mass is 9.92. The molecule has 5 nitrogen and oxygen atoms in total. The van der Waals surface area contributed by atoms with Gasteiger partial charge in [0.2, 0.25) is 15.9 Å². The maximum atomic E-state index is 12.5. The number of benzene rings is 1. The van der Waals surface area contributed by atoms with E-state index in [9.17, 15) is 13.2 Å². The summed E-state index contributed by atoms with van der Waals surface area (Å²) in [4.78, 5) is 14.2. The van der Waals surface area contributed by atoms with Gasteiger partial charge in [0.05, 0.1) is 11.4 Å². The van der Waals surface area contributed by atoms with E-state index in [2.05, 4.69) is 4.72 Å². The molecule has 0 aliphatic heterocycles. The molecule has 1 amide bonds. The van der Waals surface area contributed by atoms with Gasteiger partial charge in [0.15, 0.2) is 0 Å². The number of carbonyl (C=O) groups excluding carboxylic acids is 1. The lowest BCUT2D eigenvalue weighted by molar-refractivity contribution is -0.130. The van der Waals surface area contributed by atoms with Gasteiger partial charge in [-0.15, -0.1) is 0 Å². The molecule has 0 aromatic heterocycles. The van der Waals surface area contributed by atoms with Crippen molar-refractivity contribution in [3.8, 4) is 0 Å². The highest BCUT2D eigenvalue weighted by Gasteiger charge is 2.20. The number of aryl methyl sites for hydroxylation is 2. The van der Waals surface area contributed by atoms with Gasteiger partial charge in [-0.05, 0) is 61.8 Å². The summed E-state index contributed by atoms with van der Waals surface area (Å²) in [6.07, 6.45) is 5.94. The highest BCUT2D eigenvalue weighted by atomic mass is 32.2. The third-order valence-electron chi connectivity index (χ3n) is 4.38. The van der Waals surface area contributed by atoms with E-state index in [1.807, 2.05) is 19.9 Å². The molecule has 0 saturated carbocycles. The number of fused-ring (bicyclic) bond motifs is 1. The smallest absolute Gasteiger partial charge is 0.241 e. The van der Waals surface area contributed by atoms with Crippen molar-refractivity contribution in [1.29, 1.82) is 0 Å². The van der Waals surface area contributed by atoms with Crippen LogP contribution in [-0.4, -0.2) is 38.9 Å². The van der Waals surface area contributed by atoms with Crippen LogP contribution in [0.2, 0.25) is 0 Å². The second-order valence-electron chi connectivity index (χ2n) is 6.34. The van der Waals surface area contributed by atoms with E-state index in [0.717, 1.165) is 44.1 Å². The Kier molecular flexibility index (Phi) is 6.80. The van der Waals surface area contributed by atoms with Gasteiger partial charge in [-0.1, -0.05) is 19.9 Å². The van der Waals surface area contributed by atoms with Gasteiger partial charge in [0.1, 0.15) is 0 Å². The highest BCUT2D eigenvalue weighted by molar-refractivity contribution is 7.89. The molecular weight excluding hydrogens is 324 g/mol. The fraction of sp³-hybridized carbons (Fsp3) is 0.611. The lowest BCUT2D eigenvalue weighted by Crippen LogP contribution is -2.40. The zero-order valence-corrected chi connectivity index (χ0v) is 15.5. The molecule has 1 aliphatic carbocycles. The Morgan fingerprint density at radius 2 is 1.71 bits per heavy atom. The summed E-state index contributed by atoms with van der Waals surface area (Å²) < 4.78 is 27.4. The van der Waals surface area contributed by atoms with Gasteiger partial charge in [-0.3, -0.25) is 4.79 Å². The quantitative estimate of drug-likeness (QED) is 0.782. The van der Waals surface area contributed by atoms with E-state index in [1.165, 1.54) is 5.56 Å². The molecule has 6 heteroatoms. The molecule has 1 aromatic carbocycles. The molecule has 0 bridgehead atoms. The van der Waals surface area contributed by atoms with Gasteiger partial charge in [0, 0.05) is 13.1 Å². The maximum absolute atomic E-state index is 12.5. The minimum Gasteiger partial charge on any atom is -0.342 e. The van der Waals surface area contributed by atoms with E-state index in [1.54, 1.807) is 17.0 Å². The first-order valence-corrected chi connectivity index (χ1v) is 10.4. The van der Waals surface area contributed by atoms with Crippen LogP contribution in [0.5, 0.6) is 0 Å². The molecule has 2 rings (SSSR count). The molecule has 24 heavy (non-hydrogen) atoms. The SMILES string of the molecule is CCCN(CCC)C(=O)CNS(=O)(=O)c1ccc2c(c1)CCCC2. The maximum Gasteiger partial charge on any atom is 0.241 e. The fourth-order valence-electron chi connectivity index (χ4n) is 3.13. The normalized spacial score (nSPS) is 14.2. The van der Waals surface area contributed by atoms with Crippen LogP contribution < -0.4 is 4.72 Å². The van der Waals surface area contributed by atoms with Gasteiger partial charge in [-0.2, -0.15) is 0 Å². The van der Waals surface area contributed by atoms with Crippen molar-refractivity contribution in [3.05, 3.63) is 29.3 Å². The lowest BCUT2D eigenvalue weighted by Gasteiger charge is -2.22. The Balaban J connectivity index is 2.04. The number of nitrogens with one attached hydrogen (secondary N) is 1. The van der Waals surface area contributed by atoms with Gasteiger partial charge < -0.3 is 4.90 Å². The molecule has 0 radical (unpaired) electrons. The fourth-order valence-corrected chi connectivity index (χ4v) is 4.15. The van der Waals surface area contributed by atoms with Crippen molar-refractivity contribution in [1.82, 2.24) is 9.62 Å². The monoisotopic (exact) mass is 352 g/mol. The van der Waals surface area contributed by atoms with Crippen molar-refractivity contribution < 1.29 is 13.2 Å². The summed E-state index contributed by atoms with van der Waals surface area (Å²) in [6, 6.07) is 5.31. The van der Waals surface area contributed by atoms with Crippen molar-refractivity contribution in [3.63, 3.8) is 0 Å². The Morgan fingerprint density at radius 3 is 2.33 bits per heavy atom. The number of carbonyl (C=O) groups is 1. The molecule has 1 aliphatic rings. The first-order valence-electron chi connectivity index (χ1n) is 8.87. The zero-order valence-electron chi connectivity index (χ0n) is 14.7. The minimum atomic E-state index is -3.65. The molecule has 1 N–H and O–H groups in total. The third-order valence-corrected chi connectivity index (χ3v) is 5.78. The Bertz CT molecular complexity index is 665.